The number of nitrogens with one attached hydrogen (secondary N) is 1. The van der Waals surface area contributed by atoms with Crippen molar-refractivity contribution in [3.8, 4) is 0 Å². The molecule has 0 spiro atoms. The van der Waals surface area contributed by atoms with Gasteiger partial charge >= 0.3 is 11.9 Å². The third-order valence-corrected chi connectivity index (χ3v) is 4.65. The Morgan fingerprint density at radius 2 is 1.89 bits per heavy atom. The highest BCUT2D eigenvalue weighted by atomic mass is 16.5. The van der Waals surface area contributed by atoms with Crippen molar-refractivity contribution in [2.75, 3.05) is 19.0 Å². The molecule has 0 bridgehead atoms. The van der Waals surface area contributed by atoms with Gasteiger partial charge in [-0.15, -0.1) is 0 Å². The maximum absolute atomic E-state index is 12.5. The lowest BCUT2D eigenvalue weighted by atomic mass is 10.0. The zero-order chi connectivity index (χ0) is 20.3. The molecule has 1 N–H and O–H groups in total. The van der Waals surface area contributed by atoms with Gasteiger partial charge in [0.2, 0.25) is 0 Å². The van der Waals surface area contributed by atoms with Gasteiger partial charge in [-0.05, 0) is 56.2 Å². The van der Waals surface area contributed by atoms with E-state index in [9.17, 15) is 9.59 Å². The molecule has 0 fully saturated rings. The molecule has 0 saturated heterocycles. The van der Waals surface area contributed by atoms with E-state index in [1.165, 1.54) is 13.3 Å². The predicted molar refractivity (Wildman–Crippen MR) is 108 cm³/mol. The molecule has 1 aromatic heterocycles. The Bertz CT molecular complexity index is 1060. The topological polar surface area (TPSA) is 77.5 Å². The number of fused-ring (bicyclic) bond motifs is 1. The van der Waals surface area contributed by atoms with Crippen LogP contribution in [0.3, 0.4) is 0 Å². The summed E-state index contributed by atoms with van der Waals surface area (Å²) in [6.07, 6.45) is 1.49. The highest BCUT2D eigenvalue weighted by molar-refractivity contribution is 6.07. The van der Waals surface area contributed by atoms with Crippen LogP contribution in [0.1, 0.15) is 38.8 Å². The lowest BCUT2D eigenvalue weighted by Crippen LogP contribution is -2.10. The summed E-state index contributed by atoms with van der Waals surface area (Å²) in [7, 11) is 1.33. The minimum atomic E-state index is -0.479. The average molecular weight is 378 g/mol. The van der Waals surface area contributed by atoms with Gasteiger partial charge in [-0.1, -0.05) is 12.1 Å². The summed E-state index contributed by atoms with van der Waals surface area (Å²) < 4.78 is 10.0. The average Bonchev–Trinajstić information content (AvgIpc) is 2.70. The van der Waals surface area contributed by atoms with E-state index >= 15 is 0 Å². The molecule has 3 rings (SSSR count). The van der Waals surface area contributed by atoms with Crippen molar-refractivity contribution in [3.63, 3.8) is 0 Å². The number of aryl methyl sites for hydroxylation is 1. The molecular weight excluding hydrogens is 356 g/mol. The van der Waals surface area contributed by atoms with Crippen LogP contribution in [-0.4, -0.2) is 30.6 Å². The van der Waals surface area contributed by atoms with E-state index in [2.05, 4.69) is 10.3 Å². The number of anilines is 2. The molecule has 0 aliphatic heterocycles. The van der Waals surface area contributed by atoms with Crippen molar-refractivity contribution in [1.29, 1.82) is 0 Å². The summed E-state index contributed by atoms with van der Waals surface area (Å²) in [6, 6.07) is 10.9. The number of hydrogen-bond acceptors (Lipinski definition) is 6. The molecule has 0 saturated carbocycles. The molecule has 0 amide bonds. The monoisotopic (exact) mass is 378 g/mol. The number of hydrogen-bond donors (Lipinski definition) is 1. The lowest BCUT2D eigenvalue weighted by molar-refractivity contribution is 0.0526. The Labute approximate surface area is 163 Å². The summed E-state index contributed by atoms with van der Waals surface area (Å²) in [5, 5.41) is 3.99. The SMILES string of the molecule is CCOC(=O)c1cnc2ccc(C(=O)OC)cc2c1Nc1cccc(C)c1C. The first-order valence-corrected chi connectivity index (χ1v) is 8.97. The number of pyridine rings is 1. The first-order valence-electron chi connectivity index (χ1n) is 8.97. The van der Waals surface area contributed by atoms with Gasteiger partial charge in [0.05, 0.1) is 30.5 Å². The van der Waals surface area contributed by atoms with Crippen molar-refractivity contribution >= 4 is 34.2 Å². The summed E-state index contributed by atoms with van der Waals surface area (Å²) in [4.78, 5) is 28.9. The molecular formula is C22H22N2O4. The van der Waals surface area contributed by atoms with E-state index in [-0.39, 0.29) is 6.61 Å². The second-order valence-electron chi connectivity index (χ2n) is 6.36. The van der Waals surface area contributed by atoms with Gasteiger partial charge in [0.1, 0.15) is 5.56 Å². The number of aromatic nitrogens is 1. The Kier molecular flexibility index (Phi) is 5.59. The number of carbonyl (C=O) groups excluding carboxylic acids is 2. The Morgan fingerprint density at radius 3 is 2.61 bits per heavy atom. The van der Waals surface area contributed by atoms with Crippen LogP contribution < -0.4 is 5.32 Å². The van der Waals surface area contributed by atoms with Crippen molar-refractivity contribution in [2.45, 2.75) is 20.8 Å². The van der Waals surface area contributed by atoms with E-state index in [0.29, 0.717) is 27.7 Å². The number of carbonyl (C=O) groups is 2. The molecule has 6 heteroatoms. The molecule has 0 aliphatic rings. The van der Waals surface area contributed by atoms with E-state index in [0.717, 1.165) is 16.8 Å². The van der Waals surface area contributed by atoms with Crippen LogP contribution in [0, 0.1) is 13.8 Å². The quantitative estimate of drug-likeness (QED) is 0.656. The molecule has 0 atom stereocenters. The summed E-state index contributed by atoms with van der Waals surface area (Å²) in [5.41, 5.74) is 4.92. The second-order valence-corrected chi connectivity index (χ2v) is 6.36. The number of benzene rings is 2. The third-order valence-electron chi connectivity index (χ3n) is 4.65. The fourth-order valence-corrected chi connectivity index (χ4v) is 2.96. The maximum Gasteiger partial charge on any atom is 0.341 e. The van der Waals surface area contributed by atoms with E-state index in [1.807, 2.05) is 32.0 Å². The number of nitrogens with zero attached hydrogens (tertiary/aromatic N) is 1. The Hall–Kier alpha value is -3.41. The van der Waals surface area contributed by atoms with Crippen LogP contribution in [0.15, 0.2) is 42.6 Å². The highest BCUT2D eigenvalue weighted by Crippen LogP contribution is 2.32. The van der Waals surface area contributed by atoms with E-state index in [4.69, 9.17) is 9.47 Å². The summed E-state index contributed by atoms with van der Waals surface area (Å²) >= 11 is 0. The maximum atomic E-state index is 12.5. The normalized spacial score (nSPS) is 10.6. The molecule has 3 aromatic rings. The van der Waals surface area contributed by atoms with Crippen LogP contribution >= 0.6 is 0 Å². The lowest BCUT2D eigenvalue weighted by Gasteiger charge is -2.17. The number of methoxy groups -OCH3 is 1. The molecule has 0 unspecified atom stereocenters. The van der Waals surface area contributed by atoms with E-state index in [1.54, 1.807) is 25.1 Å². The minimum absolute atomic E-state index is 0.252. The standard InChI is InChI=1S/C22H22N2O4/c1-5-28-22(26)17-12-23-19-10-9-15(21(25)27-4)11-16(19)20(17)24-18-8-6-7-13(2)14(18)3/h6-12H,5H2,1-4H3,(H,23,24). The predicted octanol–water partition coefficient (Wildman–Crippen LogP) is 4.56. The van der Waals surface area contributed by atoms with Crippen LogP contribution in [0.5, 0.6) is 0 Å². The van der Waals surface area contributed by atoms with Gasteiger partial charge < -0.3 is 14.8 Å². The Morgan fingerprint density at radius 1 is 1.11 bits per heavy atom. The summed E-state index contributed by atoms with van der Waals surface area (Å²) in [6.45, 7) is 6.03. The smallest absolute Gasteiger partial charge is 0.341 e. The first-order chi connectivity index (χ1) is 13.5. The molecule has 144 valence electrons. The first kappa shape index (κ1) is 19.4. The number of rotatable bonds is 5. The zero-order valence-corrected chi connectivity index (χ0v) is 16.3. The van der Waals surface area contributed by atoms with Crippen molar-refractivity contribution in [1.82, 2.24) is 4.98 Å². The van der Waals surface area contributed by atoms with Crippen molar-refractivity contribution in [2.24, 2.45) is 0 Å². The molecule has 6 nitrogen and oxygen atoms in total. The fraction of sp³-hybridized carbons (Fsp3) is 0.227. The van der Waals surface area contributed by atoms with Crippen LogP contribution in [-0.2, 0) is 9.47 Å². The van der Waals surface area contributed by atoms with E-state index < -0.39 is 11.9 Å². The highest BCUT2D eigenvalue weighted by Gasteiger charge is 2.19. The minimum Gasteiger partial charge on any atom is -0.465 e. The van der Waals surface area contributed by atoms with Gasteiger partial charge in [0.25, 0.3) is 0 Å². The molecule has 0 aliphatic carbocycles. The zero-order valence-electron chi connectivity index (χ0n) is 16.3. The Balaban J connectivity index is 2.24. The van der Waals surface area contributed by atoms with Gasteiger partial charge in [0.15, 0.2) is 0 Å². The van der Waals surface area contributed by atoms with Gasteiger partial charge in [-0.3, -0.25) is 4.98 Å². The fourth-order valence-electron chi connectivity index (χ4n) is 2.96. The van der Waals surface area contributed by atoms with Crippen LogP contribution in [0.4, 0.5) is 11.4 Å². The van der Waals surface area contributed by atoms with Gasteiger partial charge in [0, 0.05) is 17.3 Å². The molecule has 1 heterocycles. The van der Waals surface area contributed by atoms with Crippen LogP contribution in [0.2, 0.25) is 0 Å². The second kappa shape index (κ2) is 8.08. The summed E-state index contributed by atoms with van der Waals surface area (Å²) in [5.74, 6) is -0.936. The number of esters is 2. The largest absolute Gasteiger partial charge is 0.465 e. The van der Waals surface area contributed by atoms with Crippen molar-refractivity contribution in [3.05, 3.63) is 64.8 Å². The molecule has 2 aromatic carbocycles. The van der Waals surface area contributed by atoms with Gasteiger partial charge in [-0.2, -0.15) is 0 Å². The van der Waals surface area contributed by atoms with Crippen LogP contribution in [0.25, 0.3) is 10.9 Å². The third kappa shape index (κ3) is 3.67. The molecule has 28 heavy (non-hydrogen) atoms. The molecule has 0 radical (unpaired) electrons. The number of ether oxygens (including phenoxy) is 2. The van der Waals surface area contributed by atoms with Crippen molar-refractivity contribution < 1.29 is 19.1 Å². The van der Waals surface area contributed by atoms with Gasteiger partial charge in [-0.25, -0.2) is 9.59 Å².